The van der Waals surface area contributed by atoms with Crippen molar-refractivity contribution in [2.24, 2.45) is 0 Å². The van der Waals surface area contributed by atoms with Gasteiger partial charge in [0.25, 0.3) is 5.91 Å². The van der Waals surface area contributed by atoms with Gasteiger partial charge in [0.1, 0.15) is 5.75 Å². The summed E-state index contributed by atoms with van der Waals surface area (Å²) < 4.78 is 7.21. The Bertz CT molecular complexity index is 743. The number of carbonyl (C=O) groups is 1. The molecule has 0 spiro atoms. The molecule has 0 N–H and O–H groups in total. The monoisotopic (exact) mass is 325 g/mol. The van der Waals surface area contributed by atoms with Gasteiger partial charge < -0.3 is 9.64 Å². The molecule has 0 radical (unpaired) electrons. The Hall–Kier alpha value is -2.30. The fourth-order valence-corrected chi connectivity index (χ4v) is 3.78. The van der Waals surface area contributed by atoms with Gasteiger partial charge in [-0.05, 0) is 62.8 Å². The molecule has 0 unspecified atom stereocenters. The van der Waals surface area contributed by atoms with Gasteiger partial charge in [-0.1, -0.05) is 0 Å². The largest absolute Gasteiger partial charge is 0.497 e. The first-order valence-corrected chi connectivity index (χ1v) is 8.82. The number of amides is 1. The maximum Gasteiger partial charge on any atom is 0.274 e. The number of ether oxygens (including phenoxy) is 1. The van der Waals surface area contributed by atoms with Crippen LogP contribution >= 0.6 is 0 Å². The van der Waals surface area contributed by atoms with Crippen molar-refractivity contribution in [2.75, 3.05) is 20.2 Å². The van der Waals surface area contributed by atoms with Crippen LogP contribution in [-0.4, -0.2) is 40.8 Å². The van der Waals surface area contributed by atoms with E-state index in [2.05, 4.69) is 0 Å². The van der Waals surface area contributed by atoms with Crippen molar-refractivity contribution >= 4 is 5.91 Å². The third-order valence-electron chi connectivity index (χ3n) is 5.09. The Morgan fingerprint density at radius 3 is 2.46 bits per heavy atom. The minimum Gasteiger partial charge on any atom is -0.497 e. The van der Waals surface area contributed by atoms with Crippen molar-refractivity contribution in [2.45, 2.75) is 38.5 Å². The van der Waals surface area contributed by atoms with E-state index < -0.39 is 0 Å². The lowest BCUT2D eigenvalue weighted by atomic mass is 9.95. The molecule has 24 heavy (non-hydrogen) atoms. The summed E-state index contributed by atoms with van der Waals surface area (Å²) in [7, 11) is 1.66. The lowest BCUT2D eigenvalue weighted by Gasteiger charge is -2.16. The Morgan fingerprint density at radius 2 is 1.75 bits per heavy atom. The molecular weight excluding hydrogens is 302 g/mol. The smallest absolute Gasteiger partial charge is 0.274 e. The summed E-state index contributed by atoms with van der Waals surface area (Å²) in [5, 5.41) is 4.75. The molecule has 1 saturated heterocycles. The van der Waals surface area contributed by atoms with Crippen LogP contribution in [0.25, 0.3) is 5.69 Å². The first-order valence-electron chi connectivity index (χ1n) is 8.82. The van der Waals surface area contributed by atoms with Crippen LogP contribution < -0.4 is 4.74 Å². The summed E-state index contributed by atoms with van der Waals surface area (Å²) in [5.41, 5.74) is 4.03. The van der Waals surface area contributed by atoms with E-state index in [1.54, 1.807) is 7.11 Å². The molecule has 1 fully saturated rings. The first kappa shape index (κ1) is 15.2. The van der Waals surface area contributed by atoms with E-state index in [1.165, 1.54) is 5.69 Å². The topological polar surface area (TPSA) is 47.4 Å². The number of benzene rings is 1. The van der Waals surface area contributed by atoms with E-state index in [-0.39, 0.29) is 5.91 Å². The lowest BCUT2D eigenvalue weighted by Crippen LogP contribution is -2.29. The van der Waals surface area contributed by atoms with Crippen molar-refractivity contribution < 1.29 is 9.53 Å². The van der Waals surface area contributed by atoms with Crippen molar-refractivity contribution in [1.82, 2.24) is 14.7 Å². The number of hydrogen-bond acceptors (Lipinski definition) is 3. The van der Waals surface area contributed by atoms with Crippen LogP contribution in [-0.2, 0) is 12.8 Å². The molecule has 0 saturated carbocycles. The molecule has 1 aliphatic heterocycles. The van der Waals surface area contributed by atoms with Crippen molar-refractivity contribution in [3.8, 4) is 11.4 Å². The van der Waals surface area contributed by atoms with Gasteiger partial charge in [-0.15, -0.1) is 0 Å². The third kappa shape index (κ3) is 2.58. The fraction of sp³-hybridized carbons (Fsp3) is 0.474. The predicted octanol–water partition coefficient (Wildman–Crippen LogP) is 3.00. The Labute approximate surface area is 142 Å². The molecule has 5 nitrogen and oxygen atoms in total. The number of hydrogen-bond donors (Lipinski definition) is 0. The standard InChI is InChI=1S/C19H23N3O2/c1-24-15-10-8-14(9-11-15)22-17-7-3-2-6-16(17)18(20-22)19(23)21-12-4-5-13-21/h8-11H,2-7,12-13H2,1H3. The maximum atomic E-state index is 12.9. The second kappa shape index (κ2) is 6.30. The van der Waals surface area contributed by atoms with Gasteiger partial charge in [-0.2, -0.15) is 5.10 Å². The molecule has 4 rings (SSSR count). The predicted molar refractivity (Wildman–Crippen MR) is 91.9 cm³/mol. The normalized spacial score (nSPS) is 17.0. The number of rotatable bonds is 3. The van der Waals surface area contributed by atoms with Crippen molar-refractivity contribution in [3.63, 3.8) is 0 Å². The summed E-state index contributed by atoms with van der Waals surface area (Å²) in [6.07, 6.45) is 6.45. The van der Waals surface area contributed by atoms with Crippen molar-refractivity contribution in [1.29, 1.82) is 0 Å². The fourth-order valence-electron chi connectivity index (χ4n) is 3.78. The molecule has 2 aromatic rings. The summed E-state index contributed by atoms with van der Waals surface area (Å²) in [4.78, 5) is 14.8. The molecule has 2 heterocycles. The minimum atomic E-state index is 0.109. The zero-order valence-electron chi connectivity index (χ0n) is 14.1. The van der Waals surface area contributed by atoms with E-state index in [4.69, 9.17) is 9.84 Å². The quantitative estimate of drug-likeness (QED) is 0.871. The zero-order valence-corrected chi connectivity index (χ0v) is 14.1. The molecule has 5 heteroatoms. The molecule has 1 aromatic carbocycles. The molecule has 0 bridgehead atoms. The molecular formula is C19H23N3O2. The van der Waals surface area contributed by atoms with E-state index in [0.29, 0.717) is 5.69 Å². The number of aromatic nitrogens is 2. The van der Waals surface area contributed by atoms with Crippen LogP contribution in [0.4, 0.5) is 0 Å². The summed E-state index contributed by atoms with van der Waals surface area (Å²) in [6, 6.07) is 7.89. The van der Waals surface area contributed by atoms with Crippen LogP contribution in [0.2, 0.25) is 0 Å². The van der Waals surface area contributed by atoms with Gasteiger partial charge in [0.2, 0.25) is 0 Å². The number of nitrogens with zero attached hydrogens (tertiary/aromatic N) is 3. The molecule has 1 amide bonds. The number of fused-ring (bicyclic) bond motifs is 1. The van der Waals surface area contributed by atoms with Gasteiger partial charge in [-0.3, -0.25) is 4.79 Å². The first-order chi connectivity index (χ1) is 11.8. The van der Waals surface area contributed by atoms with Crippen molar-refractivity contribution in [3.05, 3.63) is 41.2 Å². The van der Waals surface area contributed by atoms with Gasteiger partial charge in [0.05, 0.1) is 12.8 Å². The Balaban J connectivity index is 1.75. The molecule has 1 aliphatic carbocycles. The van der Waals surface area contributed by atoms with Crippen LogP contribution in [0.5, 0.6) is 5.75 Å². The maximum absolute atomic E-state index is 12.9. The average Bonchev–Trinajstić information content (AvgIpc) is 3.29. The van der Waals surface area contributed by atoms with E-state index in [1.807, 2.05) is 33.8 Å². The van der Waals surface area contributed by atoms with Crippen LogP contribution in [0, 0.1) is 0 Å². The lowest BCUT2D eigenvalue weighted by molar-refractivity contribution is 0.0785. The number of methoxy groups -OCH3 is 1. The minimum absolute atomic E-state index is 0.109. The third-order valence-corrected chi connectivity index (χ3v) is 5.09. The number of carbonyl (C=O) groups excluding carboxylic acids is 1. The second-order valence-electron chi connectivity index (χ2n) is 6.59. The highest BCUT2D eigenvalue weighted by molar-refractivity contribution is 5.94. The number of likely N-dealkylation sites (tertiary alicyclic amines) is 1. The van der Waals surface area contributed by atoms with Crippen LogP contribution in [0.3, 0.4) is 0 Å². The van der Waals surface area contributed by atoms with Gasteiger partial charge in [-0.25, -0.2) is 4.68 Å². The second-order valence-corrected chi connectivity index (χ2v) is 6.59. The van der Waals surface area contributed by atoms with Gasteiger partial charge in [0.15, 0.2) is 5.69 Å². The summed E-state index contributed by atoms with van der Waals surface area (Å²) in [6.45, 7) is 1.73. The molecule has 1 aromatic heterocycles. The Kier molecular flexibility index (Phi) is 4.00. The van der Waals surface area contributed by atoms with Crippen LogP contribution in [0.15, 0.2) is 24.3 Å². The highest BCUT2D eigenvalue weighted by Crippen LogP contribution is 2.29. The van der Waals surface area contributed by atoms with Gasteiger partial charge >= 0.3 is 0 Å². The highest BCUT2D eigenvalue weighted by Gasteiger charge is 2.29. The van der Waals surface area contributed by atoms with Gasteiger partial charge in [0, 0.05) is 24.3 Å². The molecule has 126 valence electrons. The van der Waals surface area contributed by atoms with Crippen LogP contribution in [0.1, 0.15) is 47.4 Å². The van der Waals surface area contributed by atoms with E-state index >= 15 is 0 Å². The van der Waals surface area contributed by atoms with E-state index in [0.717, 1.165) is 68.6 Å². The SMILES string of the molecule is COc1ccc(-n2nc(C(=O)N3CCCC3)c3c2CCCC3)cc1. The average molecular weight is 325 g/mol. The van der Waals surface area contributed by atoms with E-state index in [9.17, 15) is 4.79 Å². The molecule has 0 atom stereocenters. The summed E-state index contributed by atoms with van der Waals surface area (Å²) in [5.74, 6) is 0.936. The summed E-state index contributed by atoms with van der Waals surface area (Å²) >= 11 is 0. The highest BCUT2D eigenvalue weighted by atomic mass is 16.5. The zero-order chi connectivity index (χ0) is 16.5. The molecule has 2 aliphatic rings. The Morgan fingerprint density at radius 1 is 1.04 bits per heavy atom.